The first-order valence-electron chi connectivity index (χ1n) is 11.6. The number of carbonyl (C=O) groups excluding carboxylic acids is 3. The van der Waals surface area contributed by atoms with Crippen LogP contribution in [0.15, 0.2) is 47.6 Å². The molecule has 11 nitrogen and oxygen atoms in total. The van der Waals surface area contributed by atoms with E-state index in [-0.39, 0.29) is 30.9 Å². The molecule has 0 unspecified atom stereocenters. The van der Waals surface area contributed by atoms with E-state index >= 15 is 0 Å². The number of methoxy groups -OCH3 is 1. The monoisotopic (exact) mass is 498 g/mol. The third kappa shape index (κ3) is 7.98. The van der Waals surface area contributed by atoms with Crippen molar-refractivity contribution >= 4 is 29.6 Å². The number of para-hydroxylation sites is 1. The molecule has 3 N–H and O–H groups in total. The van der Waals surface area contributed by atoms with Crippen LogP contribution in [-0.4, -0.2) is 63.5 Å². The first-order chi connectivity index (χ1) is 17.5. The Labute approximate surface area is 209 Å². The Morgan fingerprint density at radius 1 is 1.11 bits per heavy atom. The minimum absolute atomic E-state index is 0.0756. The Morgan fingerprint density at radius 3 is 2.61 bits per heavy atom. The van der Waals surface area contributed by atoms with Gasteiger partial charge in [0.05, 0.1) is 26.0 Å². The van der Waals surface area contributed by atoms with Crippen molar-refractivity contribution in [3.05, 3.63) is 48.0 Å². The number of ether oxygens (including phenoxy) is 4. The lowest BCUT2D eigenvalue weighted by molar-refractivity contribution is -0.139. The minimum Gasteiger partial charge on any atom is -0.494 e. The average molecular weight is 499 g/mol. The number of carbonyl (C=O) groups is 3. The highest BCUT2D eigenvalue weighted by molar-refractivity contribution is 6.35. The van der Waals surface area contributed by atoms with Crippen LogP contribution in [0.2, 0.25) is 0 Å². The van der Waals surface area contributed by atoms with Crippen LogP contribution in [0.5, 0.6) is 17.2 Å². The summed E-state index contributed by atoms with van der Waals surface area (Å²) in [4.78, 5) is 36.3. The molecule has 11 heteroatoms. The van der Waals surface area contributed by atoms with Crippen molar-refractivity contribution in [1.29, 1.82) is 0 Å². The standard InChI is InChI=1S/C25H30N4O7/c1-3-34-19-11-9-18(10-12-19)28-22(30)16-36-23-17(6-4-8-21(23)33-2)14-27-29-25(32)24(31)26-15-20-7-5-13-35-20/h4,6,8-12,14,20H,3,5,7,13,15-16H2,1-2H3,(H,26,31)(H,28,30)(H,29,32)/b27-14-/t20-/m0/s1. The van der Waals surface area contributed by atoms with E-state index in [1.807, 2.05) is 6.92 Å². The van der Waals surface area contributed by atoms with Gasteiger partial charge >= 0.3 is 11.8 Å². The van der Waals surface area contributed by atoms with Crippen molar-refractivity contribution in [3.8, 4) is 17.2 Å². The van der Waals surface area contributed by atoms with Gasteiger partial charge < -0.3 is 29.6 Å². The summed E-state index contributed by atoms with van der Waals surface area (Å²) < 4.78 is 21.8. The van der Waals surface area contributed by atoms with Gasteiger partial charge in [-0.25, -0.2) is 5.43 Å². The number of amides is 3. The SMILES string of the molecule is CCOc1ccc(NC(=O)COc2c(/C=N\NC(=O)C(=O)NC[C@@H]3CCCO3)cccc2OC)cc1. The molecule has 0 spiro atoms. The van der Waals surface area contributed by atoms with Crippen molar-refractivity contribution in [2.45, 2.75) is 25.9 Å². The van der Waals surface area contributed by atoms with Gasteiger partial charge in [0, 0.05) is 24.4 Å². The van der Waals surface area contributed by atoms with Gasteiger partial charge in [-0.1, -0.05) is 6.07 Å². The molecule has 0 radical (unpaired) electrons. The molecule has 0 aromatic heterocycles. The zero-order valence-electron chi connectivity index (χ0n) is 20.2. The normalized spacial score (nSPS) is 14.8. The number of anilines is 1. The van der Waals surface area contributed by atoms with Gasteiger partial charge in [-0.3, -0.25) is 14.4 Å². The van der Waals surface area contributed by atoms with Gasteiger partial charge in [0.1, 0.15) is 5.75 Å². The highest BCUT2D eigenvalue weighted by atomic mass is 16.5. The van der Waals surface area contributed by atoms with Crippen molar-refractivity contribution in [2.75, 3.05) is 38.8 Å². The fourth-order valence-electron chi connectivity index (χ4n) is 3.39. The van der Waals surface area contributed by atoms with E-state index in [0.717, 1.165) is 12.8 Å². The molecule has 0 aliphatic carbocycles. The van der Waals surface area contributed by atoms with Crippen LogP contribution >= 0.6 is 0 Å². The van der Waals surface area contributed by atoms with Crippen LogP contribution in [0.1, 0.15) is 25.3 Å². The Balaban J connectivity index is 1.54. The molecule has 3 rings (SSSR count). The van der Waals surface area contributed by atoms with Gasteiger partial charge in [-0.2, -0.15) is 5.10 Å². The second kappa shape index (κ2) is 13.7. The van der Waals surface area contributed by atoms with Crippen molar-refractivity contribution in [3.63, 3.8) is 0 Å². The molecular weight excluding hydrogens is 468 g/mol. The lowest BCUT2D eigenvalue weighted by Gasteiger charge is -2.13. The van der Waals surface area contributed by atoms with Crippen LogP contribution in [0.4, 0.5) is 5.69 Å². The van der Waals surface area contributed by atoms with Gasteiger partial charge in [0.2, 0.25) is 0 Å². The Bertz CT molecular complexity index is 1070. The molecular formula is C25H30N4O7. The summed E-state index contributed by atoms with van der Waals surface area (Å²) in [6.07, 6.45) is 3.00. The van der Waals surface area contributed by atoms with Crippen LogP contribution in [0.3, 0.4) is 0 Å². The van der Waals surface area contributed by atoms with Gasteiger partial charge in [0.25, 0.3) is 5.91 Å². The molecule has 1 aliphatic heterocycles. The topological polar surface area (TPSA) is 137 Å². The molecule has 1 atom stereocenters. The van der Waals surface area contributed by atoms with E-state index in [2.05, 4.69) is 21.2 Å². The number of nitrogens with zero attached hydrogens (tertiary/aromatic N) is 1. The summed E-state index contributed by atoms with van der Waals surface area (Å²) in [6, 6.07) is 12.0. The first kappa shape index (κ1) is 26.5. The summed E-state index contributed by atoms with van der Waals surface area (Å²) in [7, 11) is 1.46. The highest BCUT2D eigenvalue weighted by Crippen LogP contribution is 2.30. The summed E-state index contributed by atoms with van der Waals surface area (Å²) in [5.41, 5.74) is 3.20. The summed E-state index contributed by atoms with van der Waals surface area (Å²) in [6.45, 7) is 3.07. The lowest BCUT2D eigenvalue weighted by atomic mass is 10.2. The van der Waals surface area contributed by atoms with Crippen LogP contribution in [0, 0.1) is 0 Å². The van der Waals surface area contributed by atoms with Crippen molar-refractivity contribution in [1.82, 2.24) is 10.7 Å². The molecule has 1 fully saturated rings. The molecule has 2 aromatic carbocycles. The molecule has 1 heterocycles. The molecule has 0 saturated carbocycles. The molecule has 1 aliphatic rings. The van der Waals surface area contributed by atoms with Crippen LogP contribution in [-0.2, 0) is 19.1 Å². The predicted molar refractivity (Wildman–Crippen MR) is 132 cm³/mol. The third-order valence-corrected chi connectivity index (χ3v) is 5.12. The first-order valence-corrected chi connectivity index (χ1v) is 11.6. The largest absolute Gasteiger partial charge is 0.494 e. The van der Waals surface area contributed by atoms with Crippen LogP contribution in [0.25, 0.3) is 0 Å². The predicted octanol–water partition coefficient (Wildman–Crippen LogP) is 1.86. The summed E-state index contributed by atoms with van der Waals surface area (Å²) in [5, 5.41) is 9.09. The number of nitrogens with one attached hydrogen (secondary N) is 3. The molecule has 192 valence electrons. The minimum atomic E-state index is -0.913. The number of hydrazone groups is 1. The zero-order chi connectivity index (χ0) is 25.8. The van der Waals surface area contributed by atoms with E-state index < -0.39 is 11.8 Å². The fourth-order valence-corrected chi connectivity index (χ4v) is 3.39. The fraction of sp³-hybridized carbons (Fsp3) is 0.360. The smallest absolute Gasteiger partial charge is 0.329 e. The van der Waals surface area contributed by atoms with E-state index in [1.165, 1.54) is 13.3 Å². The second-order valence-corrected chi connectivity index (χ2v) is 7.72. The summed E-state index contributed by atoms with van der Waals surface area (Å²) >= 11 is 0. The van der Waals surface area contributed by atoms with Crippen LogP contribution < -0.4 is 30.3 Å². The van der Waals surface area contributed by atoms with E-state index in [4.69, 9.17) is 18.9 Å². The number of hydrogen-bond donors (Lipinski definition) is 3. The number of benzene rings is 2. The Hall–Kier alpha value is -4.12. The van der Waals surface area contributed by atoms with Crippen molar-refractivity contribution in [2.24, 2.45) is 5.10 Å². The van der Waals surface area contributed by atoms with Crippen molar-refractivity contribution < 1.29 is 33.3 Å². The molecule has 36 heavy (non-hydrogen) atoms. The zero-order valence-corrected chi connectivity index (χ0v) is 20.2. The van der Waals surface area contributed by atoms with Gasteiger partial charge in [-0.15, -0.1) is 0 Å². The van der Waals surface area contributed by atoms with Gasteiger partial charge in [0.15, 0.2) is 18.1 Å². The maximum atomic E-state index is 12.4. The molecule has 3 amide bonds. The van der Waals surface area contributed by atoms with E-state index in [0.29, 0.717) is 36.0 Å². The number of hydrogen-bond acceptors (Lipinski definition) is 8. The Morgan fingerprint density at radius 2 is 1.92 bits per heavy atom. The van der Waals surface area contributed by atoms with E-state index in [1.54, 1.807) is 42.5 Å². The Kier molecular flexibility index (Phi) is 10.1. The third-order valence-electron chi connectivity index (χ3n) is 5.12. The molecule has 0 bridgehead atoms. The average Bonchev–Trinajstić information content (AvgIpc) is 3.41. The maximum absolute atomic E-state index is 12.4. The number of rotatable bonds is 11. The lowest BCUT2D eigenvalue weighted by Crippen LogP contribution is -2.41. The highest BCUT2D eigenvalue weighted by Gasteiger charge is 2.19. The second-order valence-electron chi connectivity index (χ2n) is 7.72. The molecule has 1 saturated heterocycles. The van der Waals surface area contributed by atoms with Gasteiger partial charge in [-0.05, 0) is 56.2 Å². The molecule has 2 aromatic rings. The maximum Gasteiger partial charge on any atom is 0.329 e. The summed E-state index contributed by atoms with van der Waals surface area (Å²) in [5.74, 6) is -0.780. The van der Waals surface area contributed by atoms with E-state index in [9.17, 15) is 14.4 Å². The quantitative estimate of drug-likeness (QED) is 0.244.